The number of nitro groups is 1. The number of azo groups is 1. The molecular weight excluding hydrogens is 524 g/mol. The van der Waals surface area contributed by atoms with Crippen LogP contribution in [0.25, 0.3) is 27.6 Å². The summed E-state index contributed by atoms with van der Waals surface area (Å²) in [4.78, 5) is 40.0. The van der Waals surface area contributed by atoms with Gasteiger partial charge in [-0.2, -0.15) is 9.80 Å². The Hall–Kier alpha value is -5.43. The van der Waals surface area contributed by atoms with Crippen molar-refractivity contribution >= 4 is 34.4 Å². The van der Waals surface area contributed by atoms with E-state index in [0.717, 1.165) is 5.56 Å². The van der Waals surface area contributed by atoms with Gasteiger partial charge in [-0.15, -0.1) is 16.5 Å². The highest BCUT2D eigenvalue weighted by molar-refractivity contribution is 7.12. The third kappa shape index (κ3) is 5.19. The fourth-order valence-electron chi connectivity index (χ4n) is 3.68. The van der Waals surface area contributed by atoms with Crippen molar-refractivity contribution in [2.45, 2.75) is 0 Å². The van der Waals surface area contributed by atoms with Crippen molar-refractivity contribution in [2.24, 2.45) is 10.2 Å². The van der Waals surface area contributed by atoms with Gasteiger partial charge in [0, 0.05) is 28.6 Å². The largest absolute Gasteiger partial charge is 0.497 e. The molecule has 0 aliphatic carbocycles. The van der Waals surface area contributed by atoms with E-state index in [1.54, 1.807) is 30.7 Å². The molecule has 0 spiro atoms. The standard InChI is InChI=1S/C26H18N6O6S/c1-38-20-11-7-15(8-12-20)21-14-39-26(27-21)31-24(33)23(29-28-18-4-2-3-17(13-18)25(34)35)22(30-31)16-5-9-19(10-6-16)32(36)37/h2-14,30H,1H3,(H,34,35). The fourth-order valence-corrected chi connectivity index (χ4v) is 4.47. The van der Waals surface area contributed by atoms with Crippen molar-refractivity contribution in [2.75, 3.05) is 7.11 Å². The van der Waals surface area contributed by atoms with Gasteiger partial charge < -0.3 is 9.84 Å². The summed E-state index contributed by atoms with van der Waals surface area (Å²) >= 11 is 1.23. The molecule has 5 rings (SSSR count). The molecule has 0 radical (unpaired) electrons. The van der Waals surface area contributed by atoms with Crippen LogP contribution >= 0.6 is 11.3 Å². The van der Waals surface area contributed by atoms with Crippen LogP contribution in [0.3, 0.4) is 0 Å². The number of thiazole rings is 1. The van der Waals surface area contributed by atoms with Gasteiger partial charge in [-0.25, -0.2) is 9.78 Å². The number of aromatic carboxylic acids is 1. The molecule has 0 saturated carbocycles. The van der Waals surface area contributed by atoms with Crippen molar-refractivity contribution in [1.82, 2.24) is 14.8 Å². The Bertz CT molecular complexity index is 1770. The monoisotopic (exact) mass is 542 g/mol. The Morgan fingerprint density at radius 3 is 2.46 bits per heavy atom. The van der Waals surface area contributed by atoms with Gasteiger partial charge in [-0.05, 0) is 54.6 Å². The molecule has 13 heteroatoms. The highest BCUT2D eigenvalue weighted by Crippen LogP contribution is 2.31. The molecule has 0 unspecified atom stereocenters. The Balaban J connectivity index is 1.58. The Kier molecular flexibility index (Phi) is 6.80. The highest BCUT2D eigenvalue weighted by atomic mass is 32.1. The van der Waals surface area contributed by atoms with Crippen LogP contribution < -0.4 is 10.3 Å². The van der Waals surface area contributed by atoms with E-state index in [1.807, 2.05) is 12.1 Å². The van der Waals surface area contributed by atoms with Crippen LogP contribution in [0.15, 0.2) is 93.2 Å². The number of aromatic nitrogens is 3. The van der Waals surface area contributed by atoms with Crippen LogP contribution in [0.5, 0.6) is 5.75 Å². The smallest absolute Gasteiger partial charge is 0.335 e. The lowest BCUT2D eigenvalue weighted by atomic mass is 10.1. The number of methoxy groups -OCH3 is 1. The molecule has 39 heavy (non-hydrogen) atoms. The van der Waals surface area contributed by atoms with Crippen LogP contribution in [0.1, 0.15) is 10.4 Å². The number of hydrogen-bond acceptors (Lipinski definition) is 9. The lowest BCUT2D eigenvalue weighted by Crippen LogP contribution is -2.13. The van der Waals surface area contributed by atoms with E-state index >= 15 is 0 Å². The fraction of sp³-hybridized carbons (Fsp3) is 0.0385. The Morgan fingerprint density at radius 1 is 1.08 bits per heavy atom. The van der Waals surface area contributed by atoms with Crippen LogP contribution in [0, 0.1) is 10.1 Å². The van der Waals surface area contributed by atoms with Gasteiger partial charge in [0.15, 0.2) is 5.69 Å². The summed E-state index contributed by atoms with van der Waals surface area (Å²) in [7, 11) is 1.58. The molecule has 0 atom stereocenters. The summed E-state index contributed by atoms with van der Waals surface area (Å²) in [5, 5.41) is 33.7. The second-order valence-corrected chi connectivity index (χ2v) is 8.92. The number of non-ortho nitro benzene ring substituents is 1. The number of nitrogens with one attached hydrogen (secondary N) is 1. The zero-order valence-electron chi connectivity index (χ0n) is 20.1. The Morgan fingerprint density at radius 2 is 1.79 bits per heavy atom. The van der Waals surface area contributed by atoms with Gasteiger partial charge >= 0.3 is 11.5 Å². The summed E-state index contributed by atoms with van der Waals surface area (Å²) in [6.07, 6.45) is 0. The average Bonchev–Trinajstić information content (AvgIpc) is 3.57. The van der Waals surface area contributed by atoms with Gasteiger partial charge in [0.1, 0.15) is 5.75 Å². The van der Waals surface area contributed by atoms with E-state index in [2.05, 4.69) is 20.3 Å². The maximum absolute atomic E-state index is 13.5. The molecule has 5 aromatic rings. The summed E-state index contributed by atoms with van der Waals surface area (Å²) in [5.41, 5.74) is 1.68. The van der Waals surface area contributed by atoms with Gasteiger partial charge in [-0.3, -0.25) is 20.0 Å². The minimum Gasteiger partial charge on any atom is -0.497 e. The van der Waals surface area contributed by atoms with Crippen LogP contribution in [-0.2, 0) is 0 Å². The number of benzene rings is 3. The predicted octanol–water partition coefficient (Wildman–Crippen LogP) is 5.99. The molecule has 2 N–H and O–H groups in total. The summed E-state index contributed by atoms with van der Waals surface area (Å²) in [6, 6.07) is 18.7. The van der Waals surface area contributed by atoms with Gasteiger partial charge in [0.2, 0.25) is 5.13 Å². The molecule has 0 aliphatic rings. The van der Waals surface area contributed by atoms with Crippen molar-refractivity contribution in [3.63, 3.8) is 0 Å². The zero-order chi connectivity index (χ0) is 27.5. The van der Waals surface area contributed by atoms with Crippen molar-refractivity contribution in [1.29, 1.82) is 0 Å². The molecule has 0 saturated heterocycles. The number of carbonyl (C=O) groups is 1. The van der Waals surface area contributed by atoms with Crippen LogP contribution in [0.4, 0.5) is 17.1 Å². The number of nitro benzene ring substituents is 1. The van der Waals surface area contributed by atoms with E-state index in [4.69, 9.17) is 4.74 Å². The van der Waals surface area contributed by atoms with Crippen molar-refractivity contribution < 1.29 is 19.6 Å². The molecule has 2 heterocycles. The quantitative estimate of drug-likeness (QED) is 0.138. The van der Waals surface area contributed by atoms with Crippen molar-refractivity contribution in [3.8, 4) is 33.4 Å². The van der Waals surface area contributed by atoms with E-state index in [9.17, 15) is 24.8 Å². The first kappa shape index (κ1) is 25.2. The van der Waals surface area contributed by atoms with E-state index in [1.165, 1.54) is 58.5 Å². The summed E-state index contributed by atoms with van der Waals surface area (Å²) < 4.78 is 6.41. The molecule has 0 fully saturated rings. The Labute approximate surface area is 223 Å². The average molecular weight is 543 g/mol. The number of hydrogen-bond donors (Lipinski definition) is 2. The molecule has 0 aliphatic heterocycles. The highest BCUT2D eigenvalue weighted by Gasteiger charge is 2.20. The molecule has 2 aromatic heterocycles. The number of H-pyrrole nitrogens is 1. The number of carboxylic acids is 1. The molecule has 0 bridgehead atoms. The second kappa shape index (κ2) is 10.5. The van der Waals surface area contributed by atoms with Crippen LogP contribution in [-0.4, -0.2) is 37.9 Å². The van der Waals surface area contributed by atoms with Gasteiger partial charge in [0.05, 0.1) is 34.7 Å². The molecule has 0 amide bonds. The first-order valence-electron chi connectivity index (χ1n) is 11.3. The zero-order valence-corrected chi connectivity index (χ0v) is 21.0. The summed E-state index contributed by atoms with van der Waals surface area (Å²) in [6.45, 7) is 0. The number of nitrogens with zero attached hydrogens (tertiary/aromatic N) is 5. The van der Waals surface area contributed by atoms with E-state index < -0.39 is 16.5 Å². The number of ether oxygens (including phenoxy) is 1. The van der Waals surface area contributed by atoms with Gasteiger partial charge in [-0.1, -0.05) is 6.07 Å². The molecule has 194 valence electrons. The van der Waals surface area contributed by atoms with E-state index in [-0.39, 0.29) is 28.3 Å². The molecule has 3 aromatic carbocycles. The molecule has 12 nitrogen and oxygen atoms in total. The lowest BCUT2D eigenvalue weighted by molar-refractivity contribution is -0.384. The van der Waals surface area contributed by atoms with Crippen molar-refractivity contribution in [3.05, 3.63) is 104 Å². The number of carboxylic acid groups (broad SMARTS) is 1. The van der Waals surface area contributed by atoms with Crippen LogP contribution in [0.2, 0.25) is 0 Å². The topological polar surface area (TPSA) is 165 Å². The molecular formula is C26H18N6O6S. The van der Waals surface area contributed by atoms with E-state index in [0.29, 0.717) is 22.1 Å². The third-order valence-electron chi connectivity index (χ3n) is 5.66. The number of aromatic amines is 1. The summed E-state index contributed by atoms with van der Waals surface area (Å²) in [5.74, 6) is -0.425. The second-order valence-electron chi connectivity index (χ2n) is 8.08. The normalized spacial score (nSPS) is 11.1. The lowest BCUT2D eigenvalue weighted by Gasteiger charge is -2.01. The van der Waals surface area contributed by atoms with Gasteiger partial charge in [0.25, 0.3) is 5.69 Å². The maximum Gasteiger partial charge on any atom is 0.335 e. The first-order chi connectivity index (χ1) is 18.8. The third-order valence-corrected chi connectivity index (χ3v) is 6.49. The number of rotatable bonds is 8. The predicted molar refractivity (Wildman–Crippen MR) is 144 cm³/mol. The first-order valence-corrected chi connectivity index (χ1v) is 12.2. The minimum atomic E-state index is -1.13. The minimum absolute atomic E-state index is 0.0161. The SMILES string of the molecule is COc1ccc(-c2csc(-n3[nH]c(-c4ccc([N+](=O)[O-])cc4)c(N=Nc4cccc(C(=O)O)c4)c3=O)n2)cc1. The maximum atomic E-state index is 13.5.